The molecule has 6 nitrogen and oxygen atoms in total. The van der Waals surface area contributed by atoms with Crippen molar-refractivity contribution < 1.29 is 17.9 Å². The van der Waals surface area contributed by atoms with E-state index < -0.39 is 10.0 Å². The zero-order valence-electron chi connectivity index (χ0n) is 17.2. The van der Waals surface area contributed by atoms with Gasteiger partial charge < -0.3 is 10.1 Å². The lowest BCUT2D eigenvalue weighted by Gasteiger charge is -2.22. The van der Waals surface area contributed by atoms with Crippen molar-refractivity contribution in [3.8, 4) is 0 Å². The number of benzene rings is 2. The molecule has 1 atom stereocenters. The number of ether oxygens (including phenoxy) is 1. The third-order valence-electron chi connectivity index (χ3n) is 5.24. The summed E-state index contributed by atoms with van der Waals surface area (Å²) in [6.45, 7) is 2.60. The van der Waals surface area contributed by atoms with Crippen LogP contribution in [0, 0.1) is 0 Å². The number of para-hydroxylation sites is 1. The Bertz CT molecular complexity index is 1010. The Hall–Kier alpha value is -2.09. The summed E-state index contributed by atoms with van der Waals surface area (Å²) in [5, 5.41) is 3.93. The number of hydrogen-bond donors (Lipinski definition) is 1. The van der Waals surface area contributed by atoms with Crippen LogP contribution in [0.1, 0.15) is 49.8 Å². The van der Waals surface area contributed by atoms with Gasteiger partial charge in [-0.1, -0.05) is 48.7 Å². The maximum Gasteiger partial charge on any atom is 0.302 e. The third kappa shape index (κ3) is 4.96. The molecule has 2 aromatic rings. The molecule has 0 aromatic heterocycles. The first kappa shape index (κ1) is 22.6. The van der Waals surface area contributed by atoms with Gasteiger partial charge in [-0.2, -0.15) is 0 Å². The molecule has 1 heterocycles. The SMILES string of the molecule is CC(=O)OCCCCCCNC1c2ccccc2N(C)S(=O)(=O)c2cc(Cl)ccc21. The predicted octanol–water partition coefficient (Wildman–Crippen LogP) is 4.28. The molecule has 3 rings (SSSR count). The lowest BCUT2D eigenvalue weighted by atomic mass is 9.96. The molecule has 0 amide bonds. The third-order valence-corrected chi connectivity index (χ3v) is 7.30. The topological polar surface area (TPSA) is 75.7 Å². The van der Waals surface area contributed by atoms with Gasteiger partial charge in [0.25, 0.3) is 10.0 Å². The smallest absolute Gasteiger partial charge is 0.302 e. The number of halogens is 1. The van der Waals surface area contributed by atoms with Crippen molar-refractivity contribution >= 4 is 33.3 Å². The average molecular weight is 451 g/mol. The minimum Gasteiger partial charge on any atom is -0.466 e. The number of nitrogens with zero attached hydrogens (tertiary/aromatic N) is 1. The van der Waals surface area contributed by atoms with Gasteiger partial charge in [-0.3, -0.25) is 9.10 Å². The molecule has 0 spiro atoms. The number of carbonyl (C=O) groups excluding carboxylic acids is 1. The standard InChI is InChI=1S/C22H27ClN2O4S/c1-16(26)29-14-8-4-3-7-13-24-22-18-9-5-6-10-20(18)25(2)30(27,28)21-15-17(23)11-12-19(21)22/h5-6,9-12,15,22,24H,3-4,7-8,13-14H2,1-2H3. The molecule has 2 aromatic carbocycles. The van der Waals surface area contributed by atoms with E-state index in [-0.39, 0.29) is 16.9 Å². The molecule has 30 heavy (non-hydrogen) atoms. The van der Waals surface area contributed by atoms with Crippen LogP contribution in [0.2, 0.25) is 5.02 Å². The number of esters is 1. The highest BCUT2D eigenvalue weighted by atomic mass is 35.5. The molecule has 0 fully saturated rings. The zero-order chi connectivity index (χ0) is 21.7. The normalized spacial score (nSPS) is 17.0. The molecule has 1 unspecified atom stereocenters. The van der Waals surface area contributed by atoms with Crippen LogP contribution in [0.3, 0.4) is 0 Å². The lowest BCUT2D eigenvalue weighted by molar-refractivity contribution is -0.141. The van der Waals surface area contributed by atoms with Crippen LogP contribution in [-0.4, -0.2) is 34.6 Å². The summed E-state index contributed by atoms with van der Waals surface area (Å²) in [6, 6.07) is 12.3. The van der Waals surface area contributed by atoms with Crippen LogP contribution in [0.5, 0.6) is 0 Å². The Morgan fingerprint density at radius 2 is 1.83 bits per heavy atom. The molecule has 0 aliphatic carbocycles. The van der Waals surface area contributed by atoms with Crippen molar-refractivity contribution in [1.82, 2.24) is 5.32 Å². The van der Waals surface area contributed by atoms with Crippen LogP contribution in [-0.2, 0) is 19.6 Å². The Morgan fingerprint density at radius 1 is 1.10 bits per heavy atom. The van der Waals surface area contributed by atoms with Crippen LogP contribution >= 0.6 is 11.6 Å². The van der Waals surface area contributed by atoms with E-state index in [4.69, 9.17) is 16.3 Å². The molecule has 0 bridgehead atoms. The Kier molecular flexibility index (Phi) is 7.39. The van der Waals surface area contributed by atoms with Crippen molar-refractivity contribution in [2.24, 2.45) is 0 Å². The Labute approximate surface area is 183 Å². The van der Waals surface area contributed by atoms with Crippen molar-refractivity contribution in [2.75, 3.05) is 24.5 Å². The minimum atomic E-state index is -3.71. The van der Waals surface area contributed by atoms with Crippen molar-refractivity contribution in [2.45, 2.75) is 43.5 Å². The summed E-state index contributed by atoms with van der Waals surface area (Å²) >= 11 is 6.14. The van der Waals surface area contributed by atoms with E-state index >= 15 is 0 Å². The maximum atomic E-state index is 13.2. The summed E-state index contributed by atoms with van der Waals surface area (Å²) in [7, 11) is -2.14. The van der Waals surface area contributed by atoms with E-state index in [9.17, 15) is 13.2 Å². The second kappa shape index (κ2) is 9.81. The molecule has 1 N–H and O–H groups in total. The quantitative estimate of drug-likeness (QED) is 0.479. The first-order valence-corrected chi connectivity index (χ1v) is 11.9. The van der Waals surface area contributed by atoms with Gasteiger partial charge in [-0.15, -0.1) is 0 Å². The van der Waals surface area contributed by atoms with E-state index in [0.29, 0.717) is 22.9 Å². The molecule has 162 valence electrons. The van der Waals surface area contributed by atoms with Gasteiger partial charge in [0.05, 0.1) is 23.2 Å². The van der Waals surface area contributed by atoms with Crippen LogP contribution in [0.25, 0.3) is 0 Å². The molecular weight excluding hydrogens is 424 g/mol. The minimum absolute atomic E-state index is 0.229. The zero-order valence-corrected chi connectivity index (χ0v) is 18.8. The van der Waals surface area contributed by atoms with Gasteiger partial charge in [-0.05, 0) is 48.7 Å². The first-order chi connectivity index (χ1) is 14.3. The molecule has 1 aliphatic heterocycles. The highest BCUT2D eigenvalue weighted by molar-refractivity contribution is 7.92. The van der Waals surface area contributed by atoms with E-state index in [0.717, 1.165) is 37.8 Å². The maximum absolute atomic E-state index is 13.2. The summed E-state index contributed by atoms with van der Waals surface area (Å²) in [5.74, 6) is -0.248. The van der Waals surface area contributed by atoms with Crippen molar-refractivity contribution in [1.29, 1.82) is 0 Å². The van der Waals surface area contributed by atoms with E-state index in [1.807, 2.05) is 24.3 Å². The number of nitrogens with one attached hydrogen (secondary N) is 1. The second-order valence-corrected chi connectivity index (χ2v) is 9.73. The summed E-state index contributed by atoms with van der Waals surface area (Å²) in [6.07, 6.45) is 3.74. The predicted molar refractivity (Wildman–Crippen MR) is 118 cm³/mol. The molecular formula is C22H27ClN2O4S. The molecule has 0 saturated carbocycles. The van der Waals surface area contributed by atoms with Gasteiger partial charge in [0.1, 0.15) is 0 Å². The van der Waals surface area contributed by atoms with E-state index in [1.165, 1.54) is 17.3 Å². The molecule has 8 heteroatoms. The largest absolute Gasteiger partial charge is 0.466 e. The summed E-state index contributed by atoms with van der Waals surface area (Å²) in [4.78, 5) is 11.0. The van der Waals surface area contributed by atoms with Gasteiger partial charge in [0, 0.05) is 19.0 Å². The summed E-state index contributed by atoms with van der Waals surface area (Å²) < 4.78 is 32.7. The Morgan fingerprint density at radius 3 is 2.60 bits per heavy atom. The number of fused-ring (bicyclic) bond motifs is 2. The number of carbonyl (C=O) groups is 1. The number of rotatable bonds is 8. The average Bonchev–Trinajstić information content (AvgIpc) is 2.78. The number of anilines is 1. The molecule has 0 radical (unpaired) electrons. The van der Waals surface area contributed by atoms with Crippen LogP contribution in [0.15, 0.2) is 47.4 Å². The highest BCUT2D eigenvalue weighted by Gasteiger charge is 2.34. The number of hydrogen-bond acceptors (Lipinski definition) is 5. The fourth-order valence-electron chi connectivity index (χ4n) is 3.70. The second-order valence-electron chi connectivity index (χ2n) is 7.35. The van der Waals surface area contributed by atoms with Gasteiger partial charge in [0.15, 0.2) is 0 Å². The monoisotopic (exact) mass is 450 g/mol. The van der Waals surface area contributed by atoms with E-state index in [1.54, 1.807) is 19.2 Å². The summed E-state index contributed by atoms with van der Waals surface area (Å²) in [5.41, 5.74) is 2.27. The molecule has 0 saturated heterocycles. The highest BCUT2D eigenvalue weighted by Crippen LogP contribution is 2.40. The van der Waals surface area contributed by atoms with Crippen molar-refractivity contribution in [3.63, 3.8) is 0 Å². The molecule has 1 aliphatic rings. The van der Waals surface area contributed by atoms with Gasteiger partial charge in [0.2, 0.25) is 0 Å². The Balaban J connectivity index is 1.77. The fraction of sp³-hybridized carbons (Fsp3) is 0.409. The fourth-order valence-corrected chi connectivity index (χ4v) is 5.41. The lowest BCUT2D eigenvalue weighted by Crippen LogP contribution is -2.26. The number of sulfonamides is 1. The number of unbranched alkanes of at least 4 members (excludes halogenated alkanes) is 3. The first-order valence-electron chi connectivity index (χ1n) is 10.1. The van der Waals surface area contributed by atoms with E-state index in [2.05, 4.69) is 5.32 Å². The van der Waals surface area contributed by atoms with Crippen LogP contribution in [0.4, 0.5) is 5.69 Å². The van der Waals surface area contributed by atoms with Crippen molar-refractivity contribution in [3.05, 3.63) is 58.6 Å². The van der Waals surface area contributed by atoms with Gasteiger partial charge in [-0.25, -0.2) is 8.42 Å². The van der Waals surface area contributed by atoms with Gasteiger partial charge >= 0.3 is 5.97 Å². The van der Waals surface area contributed by atoms with Crippen LogP contribution < -0.4 is 9.62 Å².